The van der Waals surface area contributed by atoms with Crippen molar-refractivity contribution >= 4 is 16.5 Å². The highest BCUT2D eigenvalue weighted by Crippen LogP contribution is 2.40. The number of nitrogens with zero attached hydrogens (tertiary/aromatic N) is 2. The molecule has 1 aromatic rings. The number of anilines is 1. The molecule has 0 spiro atoms. The number of aromatic nitrogens is 1. The summed E-state index contributed by atoms with van der Waals surface area (Å²) in [6.45, 7) is 1.87. The van der Waals surface area contributed by atoms with Gasteiger partial charge in [-0.25, -0.2) is 4.98 Å². The number of morpholine rings is 1. The molecule has 0 radical (unpaired) electrons. The first kappa shape index (κ1) is 13.0. The number of ether oxygens (including phenoxy) is 1. The molecular formula is C15H23N3OS. The van der Waals surface area contributed by atoms with Crippen molar-refractivity contribution in [2.24, 2.45) is 0 Å². The fourth-order valence-electron chi connectivity index (χ4n) is 3.97. The minimum atomic E-state index is 0.449. The normalized spacial score (nSPS) is 33.0. The van der Waals surface area contributed by atoms with E-state index in [1.165, 1.54) is 47.8 Å². The van der Waals surface area contributed by atoms with Gasteiger partial charge in [0.25, 0.3) is 0 Å². The van der Waals surface area contributed by atoms with Crippen molar-refractivity contribution in [3.05, 3.63) is 10.6 Å². The van der Waals surface area contributed by atoms with E-state index in [1.807, 2.05) is 11.3 Å². The first-order chi connectivity index (χ1) is 9.86. The summed E-state index contributed by atoms with van der Waals surface area (Å²) in [5.74, 6) is 0. The molecule has 1 saturated heterocycles. The lowest BCUT2D eigenvalue weighted by Crippen LogP contribution is -2.48. The van der Waals surface area contributed by atoms with Crippen molar-refractivity contribution in [1.82, 2.24) is 10.3 Å². The molecule has 3 atom stereocenters. The Labute approximate surface area is 124 Å². The Morgan fingerprint density at radius 2 is 2.25 bits per heavy atom. The van der Waals surface area contributed by atoms with Crippen LogP contribution in [0.25, 0.3) is 0 Å². The molecule has 4 rings (SSSR count). The molecule has 2 aliphatic carbocycles. The maximum absolute atomic E-state index is 5.92. The van der Waals surface area contributed by atoms with Crippen LogP contribution in [0.4, 0.5) is 5.13 Å². The average molecular weight is 293 g/mol. The van der Waals surface area contributed by atoms with E-state index in [1.54, 1.807) is 0 Å². The van der Waals surface area contributed by atoms with Gasteiger partial charge in [-0.1, -0.05) is 11.3 Å². The highest BCUT2D eigenvalue weighted by Gasteiger charge is 2.38. The first-order valence-electron chi connectivity index (χ1n) is 7.92. The van der Waals surface area contributed by atoms with E-state index >= 15 is 0 Å². The number of rotatable bonds is 2. The van der Waals surface area contributed by atoms with Crippen molar-refractivity contribution in [2.75, 3.05) is 25.1 Å². The standard InChI is InChI=1S/C15H23N3OS/c1-16-10-4-2-5-11-14(10)20-15(17-11)18-8-9-19-13-7-3-6-12(13)18/h10,12-13,16H,2-9H2,1H3. The summed E-state index contributed by atoms with van der Waals surface area (Å²) in [4.78, 5) is 9.00. The van der Waals surface area contributed by atoms with Crippen LogP contribution < -0.4 is 10.2 Å². The lowest BCUT2D eigenvalue weighted by atomic mass is 9.98. The van der Waals surface area contributed by atoms with Crippen LogP contribution >= 0.6 is 11.3 Å². The molecule has 4 nitrogen and oxygen atoms in total. The van der Waals surface area contributed by atoms with Crippen LogP contribution in [0.3, 0.4) is 0 Å². The van der Waals surface area contributed by atoms with Gasteiger partial charge in [-0.15, -0.1) is 0 Å². The molecule has 0 bridgehead atoms. The van der Waals surface area contributed by atoms with Gasteiger partial charge in [-0.2, -0.15) is 0 Å². The number of nitrogens with one attached hydrogen (secondary N) is 1. The van der Waals surface area contributed by atoms with Crippen LogP contribution in [0, 0.1) is 0 Å². The van der Waals surface area contributed by atoms with E-state index in [0.29, 0.717) is 18.2 Å². The van der Waals surface area contributed by atoms with Gasteiger partial charge in [0.05, 0.1) is 24.4 Å². The van der Waals surface area contributed by atoms with Gasteiger partial charge in [0.15, 0.2) is 5.13 Å². The molecule has 0 aromatic carbocycles. The number of aryl methyl sites for hydroxylation is 1. The van der Waals surface area contributed by atoms with E-state index in [9.17, 15) is 0 Å². The first-order valence-corrected chi connectivity index (χ1v) is 8.73. The molecule has 1 aliphatic heterocycles. The second-order valence-electron chi connectivity index (χ2n) is 6.14. The van der Waals surface area contributed by atoms with Crippen molar-refractivity contribution in [3.8, 4) is 0 Å². The lowest BCUT2D eigenvalue weighted by molar-refractivity contribution is 0.0256. The number of thiazole rings is 1. The van der Waals surface area contributed by atoms with E-state index in [2.05, 4.69) is 17.3 Å². The third-order valence-electron chi connectivity index (χ3n) is 5.02. The van der Waals surface area contributed by atoms with Crippen LogP contribution in [-0.2, 0) is 11.2 Å². The highest BCUT2D eigenvalue weighted by atomic mass is 32.1. The molecule has 2 fully saturated rings. The van der Waals surface area contributed by atoms with Gasteiger partial charge in [0, 0.05) is 17.5 Å². The Morgan fingerprint density at radius 3 is 3.15 bits per heavy atom. The monoisotopic (exact) mass is 293 g/mol. The Balaban J connectivity index is 1.63. The minimum absolute atomic E-state index is 0.449. The average Bonchev–Trinajstić information content (AvgIpc) is 3.12. The second-order valence-corrected chi connectivity index (χ2v) is 7.15. The summed E-state index contributed by atoms with van der Waals surface area (Å²) in [6, 6.07) is 1.09. The van der Waals surface area contributed by atoms with Crippen LogP contribution in [0.5, 0.6) is 0 Å². The van der Waals surface area contributed by atoms with Crippen LogP contribution in [0.2, 0.25) is 0 Å². The van der Waals surface area contributed by atoms with E-state index < -0.39 is 0 Å². The molecule has 2 heterocycles. The van der Waals surface area contributed by atoms with Crippen molar-refractivity contribution in [1.29, 1.82) is 0 Å². The Kier molecular flexibility index (Phi) is 3.44. The number of fused-ring (bicyclic) bond motifs is 2. The molecule has 110 valence electrons. The molecule has 1 N–H and O–H groups in total. The highest BCUT2D eigenvalue weighted by molar-refractivity contribution is 7.15. The Morgan fingerprint density at radius 1 is 1.30 bits per heavy atom. The summed E-state index contributed by atoms with van der Waals surface area (Å²) < 4.78 is 5.92. The number of hydrogen-bond acceptors (Lipinski definition) is 5. The zero-order valence-corrected chi connectivity index (χ0v) is 12.9. The Hall–Kier alpha value is -0.650. The Bertz CT molecular complexity index is 489. The van der Waals surface area contributed by atoms with Gasteiger partial charge in [0.2, 0.25) is 0 Å². The SMILES string of the molecule is CNC1CCCc2nc(N3CCOC4CCCC43)sc21. The van der Waals surface area contributed by atoms with E-state index in [4.69, 9.17) is 9.72 Å². The predicted molar refractivity (Wildman–Crippen MR) is 81.6 cm³/mol. The molecule has 0 amide bonds. The summed E-state index contributed by atoms with van der Waals surface area (Å²) >= 11 is 1.92. The van der Waals surface area contributed by atoms with Crippen LogP contribution in [0.15, 0.2) is 0 Å². The van der Waals surface area contributed by atoms with Gasteiger partial charge in [0.1, 0.15) is 0 Å². The smallest absolute Gasteiger partial charge is 0.186 e. The molecule has 20 heavy (non-hydrogen) atoms. The summed E-state index contributed by atoms with van der Waals surface area (Å²) in [7, 11) is 2.07. The molecule has 3 unspecified atom stereocenters. The molecule has 1 saturated carbocycles. The van der Waals surface area contributed by atoms with Crippen LogP contribution in [0.1, 0.15) is 48.7 Å². The van der Waals surface area contributed by atoms with Crippen LogP contribution in [-0.4, -0.2) is 37.3 Å². The summed E-state index contributed by atoms with van der Waals surface area (Å²) in [5, 5.41) is 4.70. The third-order valence-corrected chi connectivity index (χ3v) is 6.26. The molecule has 1 aromatic heterocycles. The summed E-state index contributed by atoms with van der Waals surface area (Å²) in [5.41, 5.74) is 1.34. The minimum Gasteiger partial charge on any atom is -0.374 e. The second kappa shape index (κ2) is 5.28. The van der Waals surface area contributed by atoms with Crippen molar-refractivity contribution in [2.45, 2.75) is 56.7 Å². The van der Waals surface area contributed by atoms with Gasteiger partial charge >= 0.3 is 0 Å². The van der Waals surface area contributed by atoms with E-state index in [0.717, 1.165) is 19.6 Å². The zero-order valence-electron chi connectivity index (χ0n) is 12.1. The molecule has 3 aliphatic rings. The van der Waals surface area contributed by atoms with Crippen molar-refractivity contribution < 1.29 is 4.74 Å². The maximum Gasteiger partial charge on any atom is 0.186 e. The molecular weight excluding hydrogens is 270 g/mol. The quantitative estimate of drug-likeness (QED) is 0.909. The predicted octanol–water partition coefficient (Wildman–Crippen LogP) is 2.50. The third kappa shape index (κ3) is 2.07. The molecule has 5 heteroatoms. The van der Waals surface area contributed by atoms with Gasteiger partial charge in [-0.05, 0) is 45.6 Å². The fourth-order valence-corrected chi connectivity index (χ4v) is 5.31. The number of hydrogen-bond donors (Lipinski definition) is 1. The largest absolute Gasteiger partial charge is 0.374 e. The van der Waals surface area contributed by atoms with Gasteiger partial charge < -0.3 is 15.0 Å². The summed E-state index contributed by atoms with van der Waals surface area (Å²) in [6.07, 6.45) is 7.91. The fraction of sp³-hybridized carbons (Fsp3) is 0.800. The topological polar surface area (TPSA) is 37.4 Å². The zero-order chi connectivity index (χ0) is 13.5. The van der Waals surface area contributed by atoms with E-state index in [-0.39, 0.29) is 0 Å². The van der Waals surface area contributed by atoms with Crippen molar-refractivity contribution in [3.63, 3.8) is 0 Å². The lowest BCUT2D eigenvalue weighted by Gasteiger charge is -2.37. The maximum atomic E-state index is 5.92. The van der Waals surface area contributed by atoms with Gasteiger partial charge in [-0.3, -0.25) is 0 Å².